The third-order valence-corrected chi connectivity index (χ3v) is 4.90. The molecule has 0 aliphatic carbocycles. The summed E-state index contributed by atoms with van der Waals surface area (Å²) < 4.78 is 0. The number of anilines is 1. The van der Waals surface area contributed by atoms with Crippen molar-refractivity contribution in [1.29, 1.82) is 0 Å². The SMILES string of the molecule is CC(=O)N1CCc2cc(C(=O)N3CCNC(C)C3C)ccc21. The van der Waals surface area contributed by atoms with Crippen molar-refractivity contribution in [3.63, 3.8) is 0 Å². The van der Waals surface area contributed by atoms with Gasteiger partial charge in [-0.05, 0) is 44.0 Å². The van der Waals surface area contributed by atoms with Crippen LogP contribution in [0.1, 0.15) is 36.7 Å². The van der Waals surface area contributed by atoms with Crippen LogP contribution in [0.3, 0.4) is 0 Å². The molecule has 5 heteroatoms. The summed E-state index contributed by atoms with van der Waals surface area (Å²) in [6, 6.07) is 6.21. The quantitative estimate of drug-likeness (QED) is 0.853. The normalized spacial score (nSPS) is 24.3. The topological polar surface area (TPSA) is 52.7 Å². The predicted octanol–water partition coefficient (Wildman–Crippen LogP) is 1.42. The van der Waals surface area contributed by atoms with Crippen molar-refractivity contribution in [2.75, 3.05) is 24.5 Å². The molecule has 0 saturated carbocycles. The van der Waals surface area contributed by atoms with Crippen molar-refractivity contribution in [2.24, 2.45) is 0 Å². The first-order valence-electron chi connectivity index (χ1n) is 7.94. The first-order valence-corrected chi connectivity index (χ1v) is 7.94. The van der Waals surface area contributed by atoms with E-state index < -0.39 is 0 Å². The van der Waals surface area contributed by atoms with Crippen molar-refractivity contribution in [3.05, 3.63) is 29.3 Å². The van der Waals surface area contributed by atoms with Crippen LogP contribution in [0.5, 0.6) is 0 Å². The molecule has 22 heavy (non-hydrogen) atoms. The van der Waals surface area contributed by atoms with Gasteiger partial charge < -0.3 is 15.1 Å². The Bertz CT molecular complexity index is 614. The smallest absolute Gasteiger partial charge is 0.254 e. The largest absolute Gasteiger partial charge is 0.333 e. The van der Waals surface area contributed by atoms with E-state index in [1.165, 1.54) is 0 Å². The number of carbonyl (C=O) groups excluding carboxylic acids is 2. The van der Waals surface area contributed by atoms with Gasteiger partial charge in [0.15, 0.2) is 0 Å². The summed E-state index contributed by atoms with van der Waals surface area (Å²) in [6.07, 6.45) is 0.823. The van der Waals surface area contributed by atoms with Gasteiger partial charge in [0.1, 0.15) is 0 Å². The third-order valence-electron chi connectivity index (χ3n) is 4.90. The van der Waals surface area contributed by atoms with Crippen molar-refractivity contribution < 1.29 is 9.59 Å². The van der Waals surface area contributed by atoms with E-state index >= 15 is 0 Å². The molecule has 1 aromatic rings. The van der Waals surface area contributed by atoms with Crippen molar-refractivity contribution in [2.45, 2.75) is 39.3 Å². The van der Waals surface area contributed by atoms with Crippen LogP contribution in [-0.4, -0.2) is 48.4 Å². The van der Waals surface area contributed by atoms with Crippen molar-refractivity contribution in [1.82, 2.24) is 10.2 Å². The van der Waals surface area contributed by atoms with Gasteiger partial charge >= 0.3 is 0 Å². The summed E-state index contributed by atoms with van der Waals surface area (Å²) >= 11 is 0. The van der Waals surface area contributed by atoms with Crippen LogP contribution < -0.4 is 10.2 Å². The summed E-state index contributed by atoms with van der Waals surface area (Å²) in [4.78, 5) is 28.1. The first kappa shape index (κ1) is 15.0. The molecule has 1 aromatic carbocycles. The van der Waals surface area contributed by atoms with E-state index in [1.807, 2.05) is 23.1 Å². The number of fused-ring (bicyclic) bond motifs is 1. The maximum atomic E-state index is 12.8. The molecule has 2 aliphatic rings. The van der Waals surface area contributed by atoms with Gasteiger partial charge in [0.2, 0.25) is 5.91 Å². The number of piperazine rings is 1. The average molecular weight is 301 g/mol. The Morgan fingerprint density at radius 2 is 2.00 bits per heavy atom. The molecule has 0 radical (unpaired) electrons. The molecule has 1 N–H and O–H groups in total. The number of rotatable bonds is 1. The Labute approximate surface area is 131 Å². The molecule has 2 atom stereocenters. The second kappa shape index (κ2) is 5.72. The van der Waals surface area contributed by atoms with Gasteiger partial charge in [0.25, 0.3) is 5.91 Å². The number of carbonyl (C=O) groups is 2. The maximum absolute atomic E-state index is 12.8. The zero-order chi connectivity index (χ0) is 15.9. The number of amides is 2. The summed E-state index contributed by atoms with van der Waals surface area (Å²) in [7, 11) is 0. The van der Waals surface area contributed by atoms with Crippen LogP contribution in [0.4, 0.5) is 5.69 Å². The van der Waals surface area contributed by atoms with Gasteiger partial charge in [-0.15, -0.1) is 0 Å². The highest BCUT2D eigenvalue weighted by molar-refractivity contribution is 5.98. The van der Waals surface area contributed by atoms with Crippen LogP contribution in [0.15, 0.2) is 18.2 Å². The molecule has 3 rings (SSSR count). The minimum atomic E-state index is 0.0578. The minimum Gasteiger partial charge on any atom is -0.333 e. The molecule has 1 fully saturated rings. The standard InChI is InChI=1S/C17H23N3O2/c1-11-12(2)19(9-7-18-11)17(22)15-4-5-16-14(10-15)6-8-20(16)13(3)21/h4-5,10-12,18H,6-9H2,1-3H3. The number of nitrogens with one attached hydrogen (secondary N) is 1. The van der Waals surface area contributed by atoms with Gasteiger partial charge in [-0.1, -0.05) is 0 Å². The fraction of sp³-hybridized carbons (Fsp3) is 0.529. The van der Waals surface area contributed by atoms with E-state index in [0.29, 0.717) is 12.6 Å². The molecular weight excluding hydrogens is 278 g/mol. The van der Waals surface area contributed by atoms with E-state index in [2.05, 4.69) is 19.2 Å². The maximum Gasteiger partial charge on any atom is 0.254 e. The van der Waals surface area contributed by atoms with Crippen LogP contribution in [0.2, 0.25) is 0 Å². The Kier molecular flexibility index (Phi) is 3.91. The summed E-state index contributed by atoms with van der Waals surface area (Å²) in [6.45, 7) is 8.06. The third kappa shape index (κ3) is 2.50. The summed E-state index contributed by atoms with van der Waals surface area (Å²) in [5.74, 6) is 0.146. The molecule has 2 heterocycles. The van der Waals surface area contributed by atoms with Crippen LogP contribution in [0, 0.1) is 0 Å². The molecule has 1 saturated heterocycles. The zero-order valence-corrected chi connectivity index (χ0v) is 13.4. The number of benzene rings is 1. The summed E-state index contributed by atoms with van der Waals surface area (Å²) in [5, 5.41) is 3.39. The minimum absolute atomic E-state index is 0.0578. The highest BCUT2D eigenvalue weighted by Gasteiger charge is 2.30. The summed E-state index contributed by atoms with van der Waals surface area (Å²) in [5.41, 5.74) is 2.77. The number of hydrogen-bond acceptors (Lipinski definition) is 3. The highest BCUT2D eigenvalue weighted by atomic mass is 16.2. The molecular formula is C17H23N3O2. The highest BCUT2D eigenvalue weighted by Crippen LogP contribution is 2.29. The molecule has 0 spiro atoms. The first-order chi connectivity index (χ1) is 10.5. The fourth-order valence-corrected chi connectivity index (χ4v) is 3.37. The predicted molar refractivity (Wildman–Crippen MR) is 86.1 cm³/mol. The molecule has 0 aromatic heterocycles. The lowest BCUT2D eigenvalue weighted by Gasteiger charge is -2.38. The molecule has 2 unspecified atom stereocenters. The lowest BCUT2D eigenvalue weighted by molar-refractivity contribution is -0.116. The van der Waals surface area contributed by atoms with Gasteiger partial charge in [-0.3, -0.25) is 9.59 Å². The number of hydrogen-bond donors (Lipinski definition) is 1. The molecule has 0 bridgehead atoms. The Morgan fingerprint density at radius 1 is 1.23 bits per heavy atom. The Balaban J connectivity index is 1.84. The van der Waals surface area contributed by atoms with Crippen molar-refractivity contribution in [3.8, 4) is 0 Å². The van der Waals surface area contributed by atoms with E-state index in [4.69, 9.17) is 0 Å². The van der Waals surface area contributed by atoms with Crippen LogP contribution in [-0.2, 0) is 11.2 Å². The van der Waals surface area contributed by atoms with Gasteiger partial charge in [0.05, 0.1) is 0 Å². The van der Waals surface area contributed by atoms with E-state index in [0.717, 1.165) is 36.3 Å². The van der Waals surface area contributed by atoms with Gasteiger partial charge in [-0.25, -0.2) is 0 Å². The van der Waals surface area contributed by atoms with E-state index in [-0.39, 0.29) is 17.9 Å². The Hall–Kier alpha value is -1.88. The molecule has 118 valence electrons. The second-order valence-electron chi connectivity index (χ2n) is 6.25. The average Bonchev–Trinajstić information content (AvgIpc) is 2.92. The second-order valence-corrected chi connectivity index (χ2v) is 6.25. The Morgan fingerprint density at radius 3 is 2.73 bits per heavy atom. The van der Waals surface area contributed by atoms with E-state index in [1.54, 1.807) is 11.8 Å². The van der Waals surface area contributed by atoms with Crippen molar-refractivity contribution >= 4 is 17.5 Å². The molecule has 5 nitrogen and oxygen atoms in total. The van der Waals surface area contributed by atoms with Gasteiger partial charge in [0, 0.05) is 49.9 Å². The fourth-order valence-electron chi connectivity index (χ4n) is 3.37. The molecule has 2 aliphatic heterocycles. The van der Waals surface area contributed by atoms with Gasteiger partial charge in [-0.2, -0.15) is 0 Å². The van der Waals surface area contributed by atoms with Crippen LogP contribution in [0.25, 0.3) is 0 Å². The lowest BCUT2D eigenvalue weighted by Crippen LogP contribution is -2.57. The monoisotopic (exact) mass is 301 g/mol. The van der Waals surface area contributed by atoms with E-state index in [9.17, 15) is 9.59 Å². The van der Waals surface area contributed by atoms with Crippen LogP contribution >= 0.6 is 0 Å². The lowest BCUT2D eigenvalue weighted by atomic mass is 10.0. The molecule has 2 amide bonds. The zero-order valence-electron chi connectivity index (χ0n) is 13.4. The number of nitrogens with zero attached hydrogens (tertiary/aromatic N) is 2.